The molecule has 1 fully saturated rings. The maximum atomic E-state index is 13.5. The number of β-lactam (4-membered cyclic amide) rings is 1. The quantitative estimate of drug-likeness (QED) is 0.128. The molecule has 48 heavy (non-hydrogen) atoms. The van der Waals surface area contributed by atoms with Gasteiger partial charge in [0, 0.05) is 23.9 Å². The Labute approximate surface area is 281 Å². The molecule has 24 heteroatoms. The number of ether oxygens (including phenoxy) is 6. The number of nitrogens with zero attached hydrogens (tertiary/aromatic N) is 6. The first-order chi connectivity index (χ1) is 23.1. The summed E-state index contributed by atoms with van der Waals surface area (Å²) in [5.41, 5.74) is 4.96. The van der Waals surface area contributed by atoms with Gasteiger partial charge in [-0.3, -0.25) is 19.3 Å². The zero-order valence-corrected chi connectivity index (χ0v) is 27.2. The Morgan fingerprint density at radius 3 is 2.40 bits per heavy atom. The lowest BCUT2D eigenvalue weighted by Crippen LogP contribution is -2.71. The van der Waals surface area contributed by atoms with Crippen molar-refractivity contribution in [1.29, 1.82) is 0 Å². The fraction of sp³-hybridized carbons (Fsp3) is 0.417. The molecule has 2 atom stereocenters. The van der Waals surface area contributed by atoms with Crippen LogP contribution in [0.5, 0.6) is 5.88 Å². The number of hydrogen-bond acceptors (Lipinski definition) is 21. The number of thiazole rings is 1. The van der Waals surface area contributed by atoms with E-state index >= 15 is 0 Å². The molecule has 6 heterocycles. The number of aromatic nitrogens is 4. The summed E-state index contributed by atoms with van der Waals surface area (Å²) in [5, 5.41) is 11.4. The normalized spacial score (nSPS) is 21.0. The average Bonchev–Trinajstić information content (AvgIpc) is 3.49. The number of esters is 1. The average molecular weight is 729 g/mol. The minimum absolute atomic E-state index is 0.0286. The SMILES string of the molecule is CO/N=C(\C(=O)N[C@@H]1C(=O)N2C3=C(CSc4nc(=O)c(nn4C)OCOC(=O)OCCOC(=O)OCOC3=O)CS[C@H]12)c1csc(N)n1. The molecule has 1 saturated heterocycles. The minimum atomic E-state index is -1.25. The van der Waals surface area contributed by atoms with Crippen molar-refractivity contribution in [2.24, 2.45) is 12.2 Å². The van der Waals surface area contributed by atoms with Crippen LogP contribution in [-0.2, 0) is 50.0 Å². The third-order valence-corrected chi connectivity index (χ3v) is 9.35. The Kier molecular flexibility index (Phi) is 10.8. The summed E-state index contributed by atoms with van der Waals surface area (Å²) < 4.78 is 30.3. The van der Waals surface area contributed by atoms with E-state index in [9.17, 15) is 28.8 Å². The molecule has 4 aliphatic rings. The van der Waals surface area contributed by atoms with E-state index in [1.165, 1.54) is 36.0 Å². The van der Waals surface area contributed by atoms with Gasteiger partial charge in [-0.1, -0.05) is 16.9 Å². The molecule has 256 valence electrons. The molecule has 2 bridgehead atoms. The minimum Gasteiger partial charge on any atom is -0.435 e. The molecule has 2 aromatic rings. The van der Waals surface area contributed by atoms with Gasteiger partial charge in [0.2, 0.25) is 13.6 Å². The molecule has 2 aromatic heterocycles. The molecular formula is C24H24N8O13S3. The van der Waals surface area contributed by atoms with E-state index in [1.54, 1.807) is 0 Å². The van der Waals surface area contributed by atoms with Crippen molar-refractivity contribution in [3.05, 3.63) is 32.7 Å². The fourth-order valence-electron chi connectivity index (χ4n) is 4.15. The lowest BCUT2D eigenvalue weighted by Gasteiger charge is -2.49. The topological polar surface area (TPSA) is 264 Å². The Balaban J connectivity index is 1.37. The number of nitrogen functional groups attached to an aromatic ring is 1. The highest BCUT2D eigenvalue weighted by Gasteiger charge is 2.54. The summed E-state index contributed by atoms with van der Waals surface area (Å²) in [5.74, 6) is -2.71. The first-order valence-electron chi connectivity index (χ1n) is 13.3. The van der Waals surface area contributed by atoms with E-state index in [0.717, 1.165) is 28.0 Å². The highest BCUT2D eigenvalue weighted by atomic mass is 32.2. The lowest BCUT2D eigenvalue weighted by atomic mass is 10.0. The van der Waals surface area contributed by atoms with Gasteiger partial charge >= 0.3 is 29.7 Å². The van der Waals surface area contributed by atoms with Gasteiger partial charge in [0.05, 0.1) is 0 Å². The number of thioether (sulfide) groups is 2. The highest BCUT2D eigenvalue weighted by Crippen LogP contribution is 2.42. The molecule has 0 aliphatic carbocycles. The zero-order valence-electron chi connectivity index (χ0n) is 24.8. The van der Waals surface area contributed by atoms with Crippen molar-refractivity contribution < 1.29 is 57.2 Å². The number of carbonyl (C=O) groups excluding carboxylic acids is 5. The predicted molar refractivity (Wildman–Crippen MR) is 161 cm³/mol. The number of nitrogens with one attached hydrogen (secondary N) is 1. The number of oxime groups is 1. The number of amides is 2. The molecule has 0 unspecified atom stereocenters. The summed E-state index contributed by atoms with van der Waals surface area (Å²) in [7, 11) is 2.71. The molecule has 6 rings (SSSR count). The Morgan fingerprint density at radius 2 is 1.73 bits per heavy atom. The van der Waals surface area contributed by atoms with Crippen molar-refractivity contribution in [2.45, 2.75) is 16.6 Å². The molecule has 3 N–H and O–H groups in total. The van der Waals surface area contributed by atoms with Crippen LogP contribution in [0.2, 0.25) is 0 Å². The standard InChI is InChI=1S/C24H24N8O13S3/c1-31-22-28-16(34)17(29-31)42-8-44-23(37)40-3-4-41-24(38)45-9-43-20(36)14-10(6-48-22)5-46-19-13(18(35)32(14)19)27-15(33)12(30-39-2)11-7-47-21(25)26-11/h7,13,19H,3-6,8-9H2,1-2H3,(H2,25,26)(H,27,33)/b30-12-/t13-,19-/m1/s1. The fourth-order valence-corrected chi connectivity index (χ4v) is 7.09. The lowest BCUT2D eigenvalue weighted by molar-refractivity contribution is -0.157. The second-order valence-corrected chi connectivity index (χ2v) is 12.2. The molecule has 0 saturated carbocycles. The summed E-state index contributed by atoms with van der Waals surface area (Å²) >= 11 is 3.33. The number of nitrogens with two attached hydrogens (primary N) is 1. The monoisotopic (exact) mass is 728 g/mol. The van der Waals surface area contributed by atoms with Crippen molar-refractivity contribution >= 4 is 75.8 Å². The third-order valence-electron chi connectivity index (χ3n) is 6.23. The van der Waals surface area contributed by atoms with Crippen molar-refractivity contribution in [3.8, 4) is 5.88 Å². The number of hydrogen-bond donors (Lipinski definition) is 2. The van der Waals surface area contributed by atoms with Crippen molar-refractivity contribution in [1.82, 2.24) is 30.0 Å². The van der Waals surface area contributed by atoms with Gasteiger partial charge in [0.25, 0.3) is 11.8 Å². The van der Waals surface area contributed by atoms with Gasteiger partial charge in [0.1, 0.15) is 43.1 Å². The zero-order chi connectivity index (χ0) is 34.4. The number of carbonyl (C=O) groups is 5. The number of rotatable bonds is 4. The van der Waals surface area contributed by atoms with Crippen LogP contribution in [0.4, 0.5) is 14.7 Å². The van der Waals surface area contributed by atoms with Crippen LogP contribution in [0.15, 0.2) is 31.8 Å². The first-order valence-corrected chi connectivity index (χ1v) is 16.3. The maximum absolute atomic E-state index is 13.5. The van der Waals surface area contributed by atoms with Crippen LogP contribution in [-0.4, -0.2) is 117 Å². The van der Waals surface area contributed by atoms with Crippen LogP contribution in [0.25, 0.3) is 0 Å². The highest BCUT2D eigenvalue weighted by molar-refractivity contribution is 8.01. The van der Waals surface area contributed by atoms with Gasteiger partial charge in [-0.05, 0) is 5.57 Å². The van der Waals surface area contributed by atoms with Gasteiger partial charge < -0.3 is 44.3 Å². The summed E-state index contributed by atoms with van der Waals surface area (Å²) in [4.78, 5) is 89.9. The van der Waals surface area contributed by atoms with E-state index < -0.39 is 79.7 Å². The first kappa shape index (κ1) is 34.2. The van der Waals surface area contributed by atoms with E-state index in [1.807, 2.05) is 0 Å². The van der Waals surface area contributed by atoms with Crippen LogP contribution in [0.1, 0.15) is 5.69 Å². The second kappa shape index (κ2) is 15.2. The van der Waals surface area contributed by atoms with Crippen LogP contribution in [0.3, 0.4) is 0 Å². The summed E-state index contributed by atoms with van der Waals surface area (Å²) in [6.07, 6.45) is -2.43. The second-order valence-electron chi connectivity index (χ2n) is 9.22. The van der Waals surface area contributed by atoms with E-state index in [0.29, 0.717) is 5.57 Å². The van der Waals surface area contributed by atoms with Crippen molar-refractivity contribution in [3.63, 3.8) is 0 Å². The molecular weight excluding hydrogens is 705 g/mol. The molecule has 4 aliphatic heterocycles. The smallest absolute Gasteiger partial charge is 0.435 e. The van der Waals surface area contributed by atoms with Crippen LogP contribution < -0.4 is 21.3 Å². The number of fused-ring (bicyclic) bond motifs is 16. The molecule has 0 aromatic carbocycles. The van der Waals surface area contributed by atoms with Crippen molar-refractivity contribution in [2.75, 3.05) is 51.1 Å². The van der Waals surface area contributed by atoms with Gasteiger partial charge in [-0.2, -0.15) is 4.98 Å². The summed E-state index contributed by atoms with van der Waals surface area (Å²) in [6.45, 7) is -2.49. The Hall–Kier alpha value is -5.10. The largest absolute Gasteiger partial charge is 0.511 e. The Morgan fingerprint density at radius 1 is 1.02 bits per heavy atom. The third kappa shape index (κ3) is 7.71. The molecule has 21 nitrogen and oxygen atoms in total. The van der Waals surface area contributed by atoms with Gasteiger partial charge in [0.15, 0.2) is 16.0 Å². The van der Waals surface area contributed by atoms with Crippen LogP contribution in [0, 0.1) is 0 Å². The molecule has 2 amide bonds. The van der Waals surface area contributed by atoms with Gasteiger partial charge in [-0.25, -0.2) is 24.0 Å². The number of anilines is 1. The predicted octanol–water partition coefficient (Wildman–Crippen LogP) is -0.832. The Bertz CT molecular complexity index is 1750. The maximum Gasteiger partial charge on any atom is 0.511 e. The molecule has 0 radical (unpaired) electrons. The van der Waals surface area contributed by atoms with E-state index in [-0.39, 0.29) is 38.9 Å². The number of aryl methyl sites for hydroxylation is 1. The van der Waals surface area contributed by atoms with Crippen LogP contribution >= 0.6 is 34.9 Å². The summed E-state index contributed by atoms with van der Waals surface area (Å²) in [6, 6.07) is -1.08. The van der Waals surface area contributed by atoms with E-state index in [4.69, 9.17) is 34.3 Å². The van der Waals surface area contributed by atoms with Gasteiger partial charge in [-0.15, -0.1) is 28.2 Å². The van der Waals surface area contributed by atoms with E-state index in [2.05, 4.69) is 30.3 Å². The molecule has 0 spiro atoms.